The standard InChI is InChI=1S/C25H21N3O3/c1-31-20-10-8-19(9-11-20)22-23(27-14-12-18-6-2-3-7-21(18)27)25(30)28(24(22)29)16-17-5-4-13-26-15-17/h2-11,13,15H,12,14,16H2,1H3. The van der Waals surface area contributed by atoms with Gasteiger partial charge in [0.05, 0.1) is 19.2 Å². The minimum atomic E-state index is -0.293. The Kier molecular flexibility index (Phi) is 4.75. The highest BCUT2D eigenvalue weighted by Gasteiger charge is 2.43. The quantitative estimate of drug-likeness (QED) is 0.602. The number of hydrogen-bond donors (Lipinski definition) is 0. The third-order valence-electron chi connectivity index (χ3n) is 5.74. The Morgan fingerprint density at radius 1 is 0.968 bits per heavy atom. The molecule has 2 aliphatic rings. The third-order valence-corrected chi connectivity index (χ3v) is 5.74. The van der Waals surface area contributed by atoms with Gasteiger partial charge in [0.2, 0.25) is 0 Å². The van der Waals surface area contributed by atoms with E-state index in [2.05, 4.69) is 11.1 Å². The lowest BCUT2D eigenvalue weighted by molar-refractivity contribution is -0.137. The van der Waals surface area contributed by atoms with Crippen LogP contribution in [0.1, 0.15) is 16.7 Å². The second kappa shape index (κ2) is 7.72. The Morgan fingerprint density at radius 2 is 1.77 bits per heavy atom. The maximum Gasteiger partial charge on any atom is 0.278 e. The molecule has 154 valence electrons. The summed E-state index contributed by atoms with van der Waals surface area (Å²) in [5.41, 5.74) is 4.52. The van der Waals surface area contributed by atoms with Crippen LogP contribution in [0, 0.1) is 0 Å². The number of aromatic nitrogens is 1. The molecular formula is C25H21N3O3. The molecule has 3 aromatic rings. The third kappa shape index (κ3) is 3.26. The molecule has 31 heavy (non-hydrogen) atoms. The van der Waals surface area contributed by atoms with Gasteiger partial charge in [0.1, 0.15) is 11.4 Å². The maximum absolute atomic E-state index is 13.6. The Labute approximate surface area is 180 Å². The molecule has 0 unspecified atom stereocenters. The number of amides is 2. The number of benzene rings is 2. The van der Waals surface area contributed by atoms with Crippen molar-refractivity contribution in [1.82, 2.24) is 9.88 Å². The molecule has 1 aromatic heterocycles. The van der Waals surface area contributed by atoms with Gasteiger partial charge in [-0.15, -0.1) is 0 Å². The molecule has 2 aromatic carbocycles. The fraction of sp³-hybridized carbons (Fsp3) is 0.160. The van der Waals surface area contributed by atoms with E-state index in [0.717, 1.165) is 17.7 Å². The monoisotopic (exact) mass is 411 g/mol. The van der Waals surface area contributed by atoms with Crippen LogP contribution >= 0.6 is 0 Å². The van der Waals surface area contributed by atoms with Crippen LogP contribution in [0.4, 0.5) is 5.69 Å². The van der Waals surface area contributed by atoms with Crippen LogP contribution in [0.15, 0.2) is 78.8 Å². The topological polar surface area (TPSA) is 62.7 Å². The Bertz CT molecular complexity index is 1190. The van der Waals surface area contributed by atoms with E-state index in [1.165, 1.54) is 10.5 Å². The van der Waals surface area contributed by atoms with Gasteiger partial charge in [-0.2, -0.15) is 0 Å². The fourth-order valence-electron chi connectivity index (χ4n) is 4.22. The van der Waals surface area contributed by atoms with E-state index < -0.39 is 0 Å². The molecule has 2 amide bonds. The summed E-state index contributed by atoms with van der Waals surface area (Å²) in [6, 6.07) is 19.0. The average molecular weight is 411 g/mol. The van der Waals surface area contributed by atoms with E-state index in [4.69, 9.17) is 4.74 Å². The van der Waals surface area contributed by atoms with E-state index in [-0.39, 0.29) is 18.4 Å². The van der Waals surface area contributed by atoms with Crippen molar-refractivity contribution in [2.45, 2.75) is 13.0 Å². The zero-order valence-electron chi connectivity index (χ0n) is 17.1. The van der Waals surface area contributed by atoms with E-state index in [9.17, 15) is 9.59 Å². The Hall–Kier alpha value is -3.93. The predicted molar refractivity (Wildman–Crippen MR) is 117 cm³/mol. The number of carbonyl (C=O) groups excluding carboxylic acids is 2. The first-order valence-corrected chi connectivity index (χ1v) is 10.2. The minimum absolute atomic E-state index is 0.185. The number of ether oxygens (including phenoxy) is 1. The molecule has 0 saturated heterocycles. The molecule has 0 radical (unpaired) electrons. The molecule has 0 fully saturated rings. The lowest BCUT2D eigenvalue weighted by Gasteiger charge is -2.21. The molecule has 0 spiro atoms. The van der Waals surface area contributed by atoms with Crippen LogP contribution in [-0.4, -0.2) is 35.4 Å². The SMILES string of the molecule is COc1ccc(C2=C(N3CCc4ccccc43)C(=O)N(Cc3cccnc3)C2=O)cc1. The second-order valence-electron chi connectivity index (χ2n) is 7.54. The van der Waals surface area contributed by atoms with Crippen LogP contribution in [0.25, 0.3) is 5.57 Å². The van der Waals surface area contributed by atoms with Gasteiger partial charge in [0, 0.05) is 24.6 Å². The second-order valence-corrected chi connectivity index (χ2v) is 7.54. The number of carbonyl (C=O) groups is 2. The van der Waals surface area contributed by atoms with Crippen LogP contribution in [0.3, 0.4) is 0 Å². The van der Waals surface area contributed by atoms with Gasteiger partial charge in [0.25, 0.3) is 11.8 Å². The summed E-state index contributed by atoms with van der Waals surface area (Å²) >= 11 is 0. The van der Waals surface area contributed by atoms with Crippen LogP contribution in [0.2, 0.25) is 0 Å². The molecule has 5 rings (SSSR count). The highest BCUT2D eigenvalue weighted by atomic mass is 16.5. The highest BCUT2D eigenvalue weighted by Crippen LogP contribution is 2.39. The molecule has 0 saturated carbocycles. The lowest BCUT2D eigenvalue weighted by Crippen LogP contribution is -2.34. The summed E-state index contributed by atoms with van der Waals surface area (Å²) in [5, 5.41) is 0. The van der Waals surface area contributed by atoms with E-state index in [0.29, 0.717) is 29.1 Å². The van der Waals surface area contributed by atoms with Crippen molar-refractivity contribution in [1.29, 1.82) is 0 Å². The van der Waals surface area contributed by atoms with E-state index in [1.54, 1.807) is 37.7 Å². The van der Waals surface area contributed by atoms with E-state index >= 15 is 0 Å². The Morgan fingerprint density at radius 3 is 2.52 bits per heavy atom. The number of rotatable bonds is 5. The van der Waals surface area contributed by atoms with Crippen molar-refractivity contribution in [2.24, 2.45) is 0 Å². The van der Waals surface area contributed by atoms with Crippen molar-refractivity contribution in [3.8, 4) is 5.75 Å². The molecule has 6 nitrogen and oxygen atoms in total. The maximum atomic E-state index is 13.6. The number of pyridine rings is 1. The van der Waals surface area contributed by atoms with Crippen molar-refractivity contribution < 1.29 is 14.3 Å². The van der Waals surface area contributed by atoms with Crippen molar-refractivity contribution >= 4 is 23.1 Å². The lowest BCUT2D eigenvalue weighted by atomic mass is 10.0. The molecule has 6 heteroatoms. The van der Waals surface area contributed by atoms with Gasteiger partial charge in [-0.1, -0.05) is 36.4 Å². The van der Waals surface area contributed by atoms with Gasteiger partial charge in [0.15, 0.2) is 0 Å². The van der Waals surface area contributed by atoms with E-state index in [1.807, 2.05) is 41.3 Å². The number of fused-ring (bicyclic) bond motifs is 1. The first kappa shape index (κ1) is 19.1. The van der Waals surface area contributed by atoms with Crippen molar-refractivity contribution in [2.75, 3.05) is 18.6 Å². The summed E-state index contributed by atoms with van der Waals surface area (Å²) in [5.74, 6) is 0.121. The summed E-state index contributed by atoms with van der Waals surface area (Å²) in [6.07, 6.45) is 4.18. The average Bonchev–Trinajstić information content (AvgIpc) is 3.34. The molecule has 0 atom stereocenters. The van der Waals surface area contributed by atoms with Crippen LogP contribution in [0.5, 0.6) is 5.75 Å². The number of para-hydroxylation sites is 1. The number of imide groups is 1. The molecule has 0 N–H and O–H groups in total. The van der Waals surface area contributed by atoms with Gasteiger partial charge in [-0.3, -0.25) is 19.5 Å². The molecule has 0 aliphatic carbocycles. The van der Waals surface area contributed by atoms with Crippen LogP contribution in [-0.2, 0) is 22.6 Å². The normalized spacial score (nSPS) is 15.6. The number of anilines is 1. The van der Waals surface area contributed by atoms with Crippen molar-refractivity contribution in [3.63, 3.8) is 0 Å². The first-order valence-electron chi connectivity index (χ1n) is 10.2. The first-order chi connectivity index (χ1) is 15.2. The highest BCUT2D eigenvalue weighted by molar-refractivity contribution is 6.36. The zero-order valence-corrected chi connectivity index (χ0v) is 17.1. The molecular weight excluding hydrogens is 390 g/mol. The summed E-state index contributed by atoms with van der Waals surface area (Å²) < 4.78 is 5.26. The summed E-state index contributed by atoms with van der Waals surface area (Å²) in [6.45, 7) is 0.845. The number of hydrogen-bond acceptors (Lipinski definition) is 5. The largest absolute Gasteiger partial charge is 0.497 e. The van der Waals surface area contributed by atoms with Gasteiger partial charge in [-0.05, 0) is 47.4 Å². The van der Waals surface area contributed by atoms with Gasteiger partial charge in [-0.25, -0.2) is 0 Å². The van der Waals surface area contributed by atoms with Crippen LogP contribution < -0.4 is 9.64 Å². The minimum Gasteiger partial charge on any atom is -0.497 e. The van der Waals surface area contributed by atoms with Gasteiger partial charge >= 0.3 is 0 Å². The smallest absolute Gasteiger partial charge is 0.278 e. The summed E-state index contributed by atoms with van der Waals surface area (Å²) in [4.78, 5) is 34.5. The number of methoxy groups -OCH3 is 1. The summed E-state index contributed by atoms with van der Waals surface area (Å²) in [7, 11) is 1.60. The predicted octanol–water partition coefficient (Wildman–Crippen LogP) is 3.43. The number of nitrogens with zero attached hydrogens (tertiary/aromatic N) is 3. The van der Waals surface area contributed by atoms with Crippen molar-refractivity contribution in [3.05, 3.63) is 95.4 Å². The zero-order chi connectivity index (χ0) is 21.4. The molecule has 0 bridgehead atoms. The fourth-order valence-corrected chi connectivity index (χ4v) is 4.22. The Balaban J connectivity index is 1.61. The molecule has 2 aliphatic heterocycles. The van der Waals surface area contributed by atoms with Gasteiger partial charge < -0.3 is 9.64 Å². The molecule has 3 heterocycles.